The van der Waals surface area contributed by atoms with Crippen molar-refractivity contribution in [2.45, 2.75) is 59.4 Å². The van der Waals surface area contributed by atoms with E-state index in [1.165, 1.54) is 5.57 Å². The second kappa shape index (κ2) is 16.6. The van der Waals surface area contributed by atoms with Crippen LogP contribution in [0, 0.1) is 11.8 Å². The number of carbonyl (C=O) groups is 2. The number of allylic oxidation sites excluding steroid dienone is 3. The fourth-order valence-corrected chi connectivity index (χ4v) is 5.25. The highest BCUT2D eigenvalue weighted by Crippen LogP contribution is 2.21. The van der Waals surface area contributed by atoms with Crippen LogP contribution in [0.5, 0.6) is 0 Å². The molecule has 0 bridgehead atoms. The summed E-state index contributed by atoms with van der Waals surface area (Å²) in [6, 6.07) is -0.147. The molecule has 0 radical (unpaired) electrons. The molecule has 2 aliphatic heterocycles. The fraction of sp³-hybridized carbons (Fsp3) is 0.621. The summed E-state index contributed by atoms with van der Waals surface area (Å²) in [4.78, 5) is 32.5. The molecule has 8 heteroatoms. The Labute approximate surface area is 228 Å². The van der Waals surface area contributed by atoms with Crippen LogP contribution in [-0.4, -0.2) is 72.9 Å². The Balaban J connectivity index is 1.94. The highest BCUT2D eigenvalue weighted by atomic mass is 32.2. The molecule has 1 atom stereocenters. The third kappa shape index (κ3) is 11.4. The van der Waals surface area contributed by atoms with Crippen molar-refractivity contribution in [1.29, 1.82) is 0 Å². The fourth-order valence-electron chi connectivity index (χ4n) is 4.35. The first-order valence-corrected chi connectivity index (χ1v) is 14.5. The maximum absolute atomic E-state index is 13.0. The molecule has 206 valence electrons. The van der Waals surface area contributed by atoms with Gasteiger partial charge in [-0.25, -0.2) is 4.99 Å². The zero-order valence-corrected chi connectivity index (χ0v) is 24.0. The van der Waals surface area contributed by atoms with E-state index in [1.807, 2.05) is 6.08 Å². The standard InChI is InChI=1S/C29H46N4O3S/c1-7-33(8-2)20-22(5)29(35)30-19-26(25-13-16-36-17-14-25)32-27(34)11-12-28-31-23(6)9-10-24(21(3)4)15-18-37-28/h9-10,15,21,25-26H,5-8,11-14,16-20H2,1-4H3,(H,30,35)(H,32,34)/b10-9-,24-15+,31-28?. The van der Waals surface area contributed by atoms with Gasteiger partial charge in [0.05, 0.1) is 10.7 Å². The summed E-state index contributed by atoms with van der Waals surface area (Å²) in [5.74, 6) is 1.33. The van der Waals surface area contributed by atoms with Crippen LogP contribution in [-0.2, 0) is 14.3 Å². The number of amides is 2. The quantitative estimate of drug-likeness (QED) is 0.343. The minimum Gasteiger partial charge on any atom is -0.381 e. The number of likely N-dealkylation sites (N-methyl/N-ethyl adjacent to an activating group) is 1. The average molecular weight is 531 g/mol. The lowest BCUT2D eigenvalue weighted by atomic mass is 9.91. The van der Waals surface area contributed by atoms with Crippen LogP contribution in [0.2, 0.25) is 0 Å². The maximum atomic E-state index is 13.0. The SMILES string of the molecule is C=C1/C=C\C(C(C)C)=C/CSC(CCC(=O)NC(CNC(=O)C(=C)CN(CC)CC)C2CCOCC2)=N1. The Morgan fingerprint density at radius 2 is 1.92 bits per heavy atom. The molecule has 2 aliphatic rings. The molecule has 0 aromatic heterocycles. The smallest absolute Gasteiger partial charge is 0.247 e. The van der Waals surface area contributed by atoms with Gasteiger partial charge < -0.3 is 15.4 Å². The largest absolute Gasteiger partial charge is 0.381 e. The predicted molar refractivity (Wildman–Crippen MR) is 156 cm³/mol. The van der Waals surface area contributed by atoms with E-state index in [1.54, 1.807) is 11.8 Å². The number of ether oxygens (including phenoxy) is 1. The zero-order valence-electron chi connectivity index (χ0n) is 23.2. The molecule has 7 nitrogen and oxygen atoms in total. The zero-order chi connectivity index (χ0) is 27.2. The number of thioether (sulfide) groups is 1. The molecule has 1 unspecified atom stereocenters. The summed E-state index contributed by atoms with van der Waals surface area (Å²) in [7, 11) is 0. The number of carbonyl (C=O) groups excluding carboxylic acids is 2. The van der Waals surface area contributed by atoms with E-state index in [4.69, 9.17) is 4.74 Å². The highest BCUT2D eigenvalue weighted by molar-refractivity contribution is 8.14. The Bertz CT molecular complexity index is 884. The third-order valence-corrected chi connectivity index (χ3v) is 7.79. The van der Waals surface area contributed by atoms with Gasteiger partial charge in [0, 0.05) is 56.5 Å². The summed E-state index contributed by atoms with van der Waals surface area (Å²) >= 11 is 1.66. The molecule has 0 aromatic rings. The summed E-state index contributed by atoms with van der Waals surface area (Å²) in [6.45, 7) is 20.5. The number of nitrogens with zero attached hydrogens (tertiary/aromatic N) is 2. The van der Waals surface area contributed by atoms with Crippen molar-refractivity contribution in [3.8, 4) is 0 Å². The van der Waals surface area contributed by atoms with Crippen LogP contribution in [0.3, 0.4) is 0 Å². The topological polar surface area (TPSA) is 83.0 Å². The van der Waals surface area contributed by atoms with Gasteiger partial charge >= 0.3 is 0 Å². The first kappa shape index (κ1) is 31.1. The van der Waals surface area contributed by atoms with E-state index < -0.39 is 0 Å². The second-order valence-corrected chi connectivity index (χ2v) is 11.0. The lowest BCUT2D eigenvalue weighted by Crippen LogP contribution is -2.49. The van der Waals surface area contributed by atoms with E-state index in [9.17, 15) is 9.59 Å². The maximum Gasteiger partial charge on any atom is 0.247 e. The highest BCUT2D eigenvalue weighted by Gasteiger charge is 2.26. The lowest BCUT2D eigenvalue weighted by molar-refractivity contribution is -0.123. The number of rotatable bonds is 13. The van der Waals surface area contributed by atoms with Crippen molar-refractivity contribution in [1.82, 2.24) is 15.5 Å². The van der Waals surface area contributed by atoms with E-state index in [2.05, 4.69) is 73.5 Å². The molecule has 2 rings (SSSR count). The Kier molecular flexibility index (Phi) is 14.0. The number of aliphatic imine (C=N–C) groups is 1. The van der Waals surface area contributed by atoms with E-state index in [-0.39, 0.29) is 23.8 Å². The summed E-state index contributed by atoms with van der Waals surface area (Å²) in [5, 5.41) is 7.12. The van der Waals surface area contributed by atoms with Crippen LogP contribution in [0.15, 0.2) is 53.2 Å². The van der Waals surface area contributed by atoms with E-state index in [0.29, 0.717) is 56.3 Å². The molecule has 2 N–H and O–H groups in total. The second-order valence-electron chi connectivity index (χ2n) is 9.90. The van der Waals surface area contributed by atoms with Crippen molar-refractivity contribution in [2.75, 3.05) is 45.1 Å². The Hall–Kier alpha value is -2.16. The molecular formula is C29H46N4O3S. The molecule has 2 heterocycles. The van der Waals surface area contributed by atoms with Gasteiger partial charge in [0.1, 0.15) is 0 Å². The molecule has 0 saturated carbocycles. The van der Waals surface area contributed by atoms with Crippen molar-refractivity contribution >= 4 is 28.6 Å². The van der Waals surface area contributed by atoms with Crippen molar-refractivity contribution in [2.24, 2.45) is 16.8 Å². The number of nitrogens with one attached hydrogen (secondary N) is 2. The van der Waals surface area contributed by atoms with Crippen LogP contribution < -0.4 is 10.6 Å². The number of hydrogen-bond acceptors (Lipinski definition) is 6. The minimum atomic E-state index is -0.157. The molecule has 0 spiro atoms. The van der Waals surface area contributed by atoms with Crippen LogP contribution >= 0.6 is 11.8 Å². The van der Waals surface area contributed by atoms with Crippen LogP contribution in [0.25, 0.3) is 0 Å². The Morgan fingerprint density at radius 1 is 1.22 bits per heavy atom. The molecule has 2 amide bonds. The summed E-state index contributed by atoms with van der Waals surface area (Å²) < 4.78 is 5.52. The molecule has 37 heavy (non-hydrogen) atoms. The predicted octanol–water partition coefficient (Wildman–Crippen LogP) is 4.49. The normalized spacial score (nSPS) is 20.2. The monoisotopic (exact) mass is 530 g/mol. The van der Waals surface area contributed by atoms with Gasteiger partial charge in [0.25, 0.3) is 0 Å². The summed E-state index contributed by atoms with van der Waals surface area (Å²) in [5.41, 5.74) is 2.51. The van der Waals surface area contributed by atoms with E-state index >= 15 is 0 Å². The van der Waals surface area contributed by atoms with Gasteiger partial charge in [-0.05, 0) is 49.4 Å². The average Bonchev–Trinajstić information content (AvgIpc) is 2.98. The summed E-state index contributed by atoms with van der Waals surface area (Å²) in [6.07, 6.45) is 8.86. The number of hydrogen-bond donors (Lipinski definition) is 2. The van der Waals surface area contributed by atoms with E-state index in [0.717, 1.165) is 36.7 Å². The van der Waals surface area contributed by atoms with Gasteiger partial charge in [-0.2, -0.15) is 0 Å². The van der Waals surface area contributed by atoms with Crippen molar-refractivity contribution in [3.63, 3.8) is 0 Å². The molecule has 0 aliphatic carbocycles. The Morgan fingerprint density at radius 3 is 2.57 bits per heavy atom. The van der Waals surface area contributed by atoms with Crippen LogP contribution in [0.4, 0.5) is 0 Å². The van der Waals surface area contributed by atoms with Gasteiger partial charge in [-0.1, -0.05) is 53.0 Å². The molecule has 1 saturated heterocycles. The molecular weight excluding hydrogens is 484 g/mol. The van der Waals surface area contributed by atoms with Crippen molar-refractivity contribution < 1.29 is 14.3 Å². The van der Waals surface area contributed by atoms with Crippen molar-refractivity contribution in [3.05, 3.63) is 48.2 Å². The van der Waals surface area contributed by atoms with Gasteiger partial charge in [-0.15, -0.1) is 11.8 Å². The third-order valence-electron chi connectivity index (χ3n) is 6.83. The van der Waals surface area contributed by atoms with Gasteiger partial charge in [0.15, 0.2) is 0 Å². The first-order valence-electron chi connectivity index (χ1n) is 13.6. The first-order chi connectivity index (χ1) is 17.7. The molecule has 0 aromatic carbocycles. The lowest BCUT2D eigenvalue weighted by Gasteiger charge is -2.31. The van der Waals surface area contributed by atoms with Gasteiger partial charge in [0.2, 0.25) is 11.8 Å². The minimum absolute atomic E-state index is 0.0320. The van der Waals surface area contributed by atoms with Crippen LogP contribution in [0.1, 0.15) is 53.4 Å². The molecule has 1 fully saturated rings. The van der Waals surface area contributed by atoms with Gasteiger partial charge in [-0.3, -0.25) is 14.5 Å².